The molecule has 140 valence electrons. The van der Waals surface area contributed by atoms with Crippen LogP contribution in [0.5, 0.6) is 5.75 Å². The maximum absolute atomic E-state index is 12.2. The van der Waals surface area contributed by atoms with Crippen LogP contribution in [-0.2, 0) is 6.54 Å². The van der Waals surface area contributed by atoms with Crippen molar-refractivity contribution in [3.63, 3.8) is 0 Å². The van der Waals surface area contributed by atoms with E-state index < -0.39 is 18.7 Å². The van der Waals surface area contributed by atoms with Crippen molar-refractivity contribution in [2.45, 2.75) is 12.7 Å². The molecule has 2 aromatic carbocycles. The molecule has 0 fully saturated rings. The second kappa shape index (κ2) is 7.90. The first kappa shape index (κ1) is 18.4. The van der Waals surface area contributed by atoms with Crippen molar-refractivity contribution in [2.24, 2.45) is 0 Å². The van der Waals surface area contributed by atoms with E-state index in [-0.39, 0.29) is 11.4 Å². The molecule has 27 heavy (non-hydrogen) atoms. The lowest BCUT2D eigenvalue weighted by Gasteiger charge is -2.09. The molecule has 0 saturated heterocycles. The Morgan fingerprint density at radius 3 is 2.44 bits per heavy atom. The topological polar surface area (TPSA) is 69.0 Å². The van der Waals surface area contributed by atoms with E-state index in [2.05, 4.69) is 20.4 Å². The highest BCUT2D eigenvalue weighted by Gasteiger charge is 2.28. The smallest absolute Gasteiger partial charge is 0.422 e. The molecular weight excluding hydrogens is 361 g/mol. The molecule has 1 N–H and O–H groups in total. The number of nitrogens with zero attached hydrogens (tertiary/aromatic N) is 3. The molecule has 0 bridgehead atoms. The quantitative estimate of drug-likeness (QED) is 0.715. The van der Waals surface area contributed by atoms with E-state index >= 15 is 0 Å². The lowest BCUT2D eigenvalue weighted by Crippen LogP contribution is -2.19. The number of rotatable bonds is 6. The van der Waals surface area contributed by atoms with E-state index in [1.165, 1.54) is 30.5 Å². The zero-order valence-corrected chi connectivity index (χ0v) is 14.0. The first-order valence-corrected chi connectivity index (χ1v) is 7.94. The summed E-state index contributed by atoms with van der Waals surface area (Å²) >= 11 is 0. The van der Waals surface area contributed by atoms with Gasteiger partial charge in [-0.25, -0.2) is 4.68 Å². The number of aromatic nitrogens is 3. The third kappa shape index (κ3) is 5.56. The Kier molecular flexibility index (Phi) is 5.39. The van der Waals surface area contributed by atoms with Gasteiger partial charge in [-0.2, -0.15) is 13.2 Å². The molecule has 1 amide bonds. The third-order valence-electron chi connectivity index (χ3n) is 3.47. The molecule has 3 rings (SSSR count). The van der Waals surface area contributed by atoms with Crippen molar-refractivity contribution in [3.8, 4) is 5.75 Å². The molecule has 0 aliphatic rings. The fourth-order valence-corrected chi connectivity index (χ4v) is 2.24. The van der Waals surface area contributed by atoms with Crippen molar-refractivity contribution in [1.29, 1.82) is 0 Å². The Morgan fingerprint density at radius 1 is 1.07 bits per heavy atom. The summed E-state index contributed by atoms with van der Waals surface area (Å²) in [5.74, 6) is -0.419. The van der Waals surface area contributed by atoms with Crippen LogP contribution in [0.2, 0.25) is 0 Å². The molecule has 3 aromatic rings. The van der Waals surface area contributed by atoms with Gasteiger partial charge in [-0.15, -0.1) is 5.10 Å². The molecule has 0 spiro atoms. The number of amides is 1. The van der Waals surface area contributed by atoms with Gasteiger partial charge >= 0.3 is 6.18 Å². The summed E-state index contributed by atoms with van der Waals surface area (Å²) in [5, 5.41) is 10.4. The summed E-state index contributed by atoms with van der Waals surface area (Å²) in [4.78, 5) is 12.2. The average molecular weight is 376 g/mol. The Morgan fingerprint density at radius 2 is 1.78 bits per heavy atom. The monoisotopic (exact) mass is 376 g/mol. The van der Waals surface area contributed by atoms with Gasteiger partial charge in [-0.3, -0.25) is 4.79 Å². The van der Waals surface area contributed by atoms with Crippen LogP contribution in [0.25, 0.3) is 0 Å². The number of halogens is 3. The minimum atomic E-state index is -4.40. The number of carbonyl (C=O) groups excluding carboxylic acids is 1. The molecule has 1 aromatic heterocycles. The highest BCUT2D eigenvalue weighted by Crippen LogP contribution is 2.20. The highest BCUT2D eigenvalue weighted by molar-refractivity contribution is 6.02. The Bertz CT molecular complexity index is 893. The summed E-state index contributed by atoms with van der Waals surface area (Å²) in [5.41, 5.74) is 1.55. The predicted molar refractivity (Wildman–Crippen MR) is 91.5 cm³/mol. The van der Waals surface area contributed by atoms with Crippen LogP contribution in [0.4, 0.5) is 18.9 Å². The number of hydrogen-bond donors (Lipinski definition) is 1. The fourth-order valence-electron chi connectivity index (χ4n) is 2.24. The number of nitrogens with one attached hydrogen (secondary N) is 1. The Balaban J connectivity index is 1.57. The van der Waals surface area contributed by atoms with Crippen LogP contribution in [0, 0.1) is 0 Å². The van der Waals surface area contributed by atoms with Crippen LogP contribution in [0.3, 0.4) is 0 Å². The van der Waals surface area contributed by atoms with Gasteiger partial charge < -0.3 is 10.1 Å². The standard InChI is InChI=1S/C18H15F3N4O2/c19-18(20,21)12-27-15-8-6-14(7-9-15)22-17(26)16-11-25(24-23-16)10-13-4-2-1-3-5-13/h1-9,11H,10,12H2,(H,22,26). The van der Waals surface area contributed by atoms with Gasteiger partial charge in [0.15, 0.2) is 12.3 Å². The van der Waals surface area contributed by atoms with Crippen molar-refractivity contribution < 1.29 is 22.7 Å². The molecule has 0 saturated carbocycles. The lowest BCUT2D eigenvalue weighted by atomic mass is 10.2. The van der Waals surface area contributed by atoms with Crippen LogP contribution in [-0.4, -0.2) is 33.7 Å². The predicted octanol–water partition coefficient (Wildman–Crippen LogP) is 3.52. The van der Waals surface area contributed by atoms with Crippen molar-refractivity contribution in [2.75, 3.05) is 11.9 Å². The van der Waals surface area contributed by atoms with E-state index in [9.17, 15) is 18.0 Å². The summed E-state index contributed by atoms with van der Waals surface area (Å²) in [6.45, 7) is -0.893. The molecule has 6 nitrogen and oxygen atoms in total. The van der Waals surface area contributed by atoms with E-state index in [0.29, 0.717) is 12.2 Å². The third-order valence-corrected chi connectivity index (χ3v) is 3.47. The minimum Gasteiger partial charge on any atom is -0.484 e. The van der Waals surface area contributed by atoms with E-state index in [1.807, 2.05) is 30.3 Å². The zero-order chi connectivity index (χ0) is 19.3. The van der Waals surface area contributed by atoms with Crippen LogP contribution < -0.4 is 10.1 Å². The molecule has 0 aliphatic carbocycles. The maximum Gasteiger partial charge on any atom is 0.422 e. The molecule has 0 unspecified atom stereocenters. The normalized spacial score (nSPS) is 11.2. The Hall–Kier alpha value is -3.36. The molecule has 0 radical (unpaired) electrons. The summed E-state index contributed by atoms with van der Waals surface area (Å²) in [6.07, 6.45) is -2.89. The van der Waals surface area contributed by atoms with Crippen molar-refractivity contribution in [3.05, 3.63) is 72.1 Å². The average Bonchev–Trinajstić information content (AvgIpc) is 3.10. The first-order chi connectivity index (χ1) is 12.9. The summed E-state index contributed by atoms with van der Waals surface area (Å²) < 4.78 is 42.5. The highest BCUT2D eigenvalue weighted by atomic mass is 19.4. The fraction of sp³-hybridized carbons (Fsp3) is 0.167. The molecule has 9 heteroatoms. The second-order valence-electron chi connectivity index (χ2n) is 5.67. The van der Waals surface area contributed by atoms with Crippen molar-refractivity contribution in [1.82, 2.24) is 15.0 Å². The number of anilines is 1. The number of ether oxygens (including phenoxy) is 1. The van der Waals surface area contributed by atoms with Gasteiger partial charge in [0.25, 0.3) is 5.91 Å². The van der Waals surface area contributed by atoms with Crippen LogP contribution in [0.15, 0.2) is 60.8 Å². The van der Waals surface area contributed by atoms with E-state index in [4.69, 9.17) is 0 Å². The van der Waals surface area contributed by atoms with Gasteiger partial charge in [-0.05, 0) is 29.8 Å². The molecule has 1 heterocycles. The largest absolute Gasteiger partial charge is 0.484 e. The van der Waals surface area contributed by atoms with Gasteiger partial charge in [0.05, 0.1) is 12.7 Å². The SMILES string of the molecule is O=C(Nc1ccc(OCC(F)(F)F)cc1)c1cn(Cc2ccccc2)nn1. The molecule has 0 atom stereocenters. The first-order valence-electron chi connectivity index (χ1n) is 7.94. The lowest BCUT2D eigenvalue weighted by molar-refractivity contribution is -0.153. The summed E-state index contributed by atoms with van der Waals surface area (Å²) in [7, 11) is 0. The second-order valence-corrected chi connectivity index (χ2v) is 5.67. The maximum atomic E-state index is 12.2. The number of benzene rings is 2. The van der Waals surface area contributed by atoms with Crippen LogP contribution in [0.1, 0.15) is 16.1 Å². The van der Waals surface area contributed by atoms with E-state index in [1.54, 1.807) is 4.68 Å². The van der Waals surface area contributed by atoms with Crippen LogP contribution >= 0.6 is 0 Å². The van der Waals surface area contributed by atoms with E-state index in [0.717, 1.165) is 5.56 Å². The number of alkyl halides is 3. The Labute approximate surface area is 152 Å². The number of hydrogen-bond acceptors (Lipinski definition) is 4. The summed E-state index contributed by atoms with van der Waals surface area (Å²) in [6, 6.07) is 15.2. The van der Waals surface area contributed by atoms with Gasteiger partial charge in [-0.1, -0.05) is 35.5 Å². The van der Waals surface area contributed by atoms with Crippen molar-refractivity contribution >= 4 is 11.6 Å². The van der Waals surface area contributed by atoms with Gasteiger partial charge in [0.1, 0.15) is 5.75 Å². The zero-order valence-electron chi connectivity index (χ0n) is 14.0. The minimum absolute atomic E-state index is 0.0547. The van der Waals surface area contributed by atoms with Gasteiger partial charge in [0, 0.05) is 5.69 Å². The molecular formula is C18H15F3N4O2. The molecule has 0 aliphatic heterocycles. The number of carbonyl (C=O) groups is 1. The van der Waals surface area contributed by atoms with Gasteiger partial charge in [0.2, 0.25) is 0 Å².